The number of benzene rings is 2. The van der Waals surface area contributed by atoms with E-state index in [1.807, 2.05) is 31.2 Å². The Morgan fingerprint density at radius 1 is 1.04 bits per heavy atom. The summed E-state index contributed by atoms with van der Waals surface area (Å²) in [5.41, 5.74) is 12.7. The molecule has 0 radical (unpaired) electrons. The van der Waals surface area contributed by atoms with Crippen LogP contribution in [0, 0.1) is 12.8 Å². The summed E-state index contributed by atoms with van der Waals surface area (Å²) in [6.07, 6.45) is 3.89. The molecule has 140 valence electrons. The van der Waals surface area contributed by atoms with Crippen LogP contribution in [0.25, 0.3) is 22.6 Å². The van der Waals surface area contributed by atoms with E-state index in [2.05, 4.69) is 10.0 Å². The fourth-order valence-corrected chi connectivity index (χ4v) is 3.17. The molecule has 1 aliphatic carbocycles. The maximum atomic E-state index is 12.9. The third-order valence-corrected chi connectivity index (χ3v) is 4.68. The van der Waals surface area contributed by atoms with Crippen LogP contribution in [0.15, 0.2) is 64.8 Å². The number of carbonyl (C=O) groups excluding carboxylic acids is 1. The molecule has 6 nitrogen and oxygen atoms in total. The normalized spacial score (nSPS) is 19.5. The minimum Gasteiger partial charge on any atom is -0.481 e. The Kier molecular flexibility index (Phi) is 5.72. The second kappa shape index (κ2) is 8.37. The molecule has 1 unspecified atom stereocenters. The molecule has 1 aliphatic rings. The third-order valence-electron chi connectivity index (χ3n) is 4.68. The topological polar surface area (TPSA) is 103 Å². The lowest BCUT2D eigenvalue weighted by Crippen LogP contribution is -2.25. The standard InChI is InChI=1S/C22H19N3O3/c1-14-2-4-15(5-3-14)10-17-12-19(22(27)28)13-18(21(17)26)11-16-6-8-20(9-7-16)24-25-23/h2-11,19H,12-13H2,1H3,(H,27,28)/b17-10+,18-11+. The second-order valence-electron chi connectivity index (χ2n) is 6.80. The lowest BCUT2D eigenvalue weighted by atomic mass is 9.80. The van der Waals surface area contributed by atoms with Gasteiger partial charge in [0.25, 0.3) is 0 Å². The van der Waals surface area contributed by atoms with E-state index in [4.69, 9.17) is 5.53 Å². The molecular weight excluding hydrogens is 354 g/mol. The first-order chi connectivity index (χ1) is 13.5. The Bertz CT molecular complexity index is 1010. The number of allylic oxidation sites excluding steroid dienone is 2. The third kappa shape index (κ3) is 4.55. The number of aryl methyl sites for hydroxylation is 1. The highest BCUT2D eigenvalue weighted by Gasteiger charge is 2.31. The molecule has 2 aromatic carbocycles. The Hall–Kier alpha value is -3.63. The van der Waals surface area contributed by atoms with Gasteiger partial charge in [0.05, 0.1) is 5.92 Å². The van der Waals surface area contributed by atoms with Crippen molar-refractivity contribution in [1.29, 1.82) is 0 Å². The molecule has 0 saturated heterocycles. The van der Waals surface area contributed by atoms with E-state index in [1.54, 1.807) is 36.4 Å². The summed E-state index contributed by atoms with van der Waals surface area (Å²) in [4.78, 5) is 27.3. The highest BCUT2D eigenvalue weighted by Crippen LogP contribution is 2.33. The molecule has 1 N–H and O–H groups in total. The van der Waals surface area contributed by atoms with Crippen molar-refractivity contribution in [2.24, 2.45) is 11.0 Å². The van der Waals surface area contributed by atoms with Crippen LogP contribution in [0.5, 0.6) is 0 Å². The molecule has 0 bridgehead atoms. The maximum Gasteiger partial charge on any atom is 0.307 e. The van der Waals surface area contributed by atoms with Gasteiger partial charge in [-0.05, 0) is 48.6 Å². The number of carboxylic acid groups (broad SMARTS) is 1. The molecule has 1 saturated carbocycles. The van der Waals surface area contributed by atoms with Crippen molar-refractivity contribution in [2.75, 3.05) is 0 Å². The number of azide groups is 1. The van der Waals surface area contributed by atoms with Gasteiger partial charge in [-0.2, -0.15) is 0 Å². The molecule has 0 aliphatic heterocycles. The van der Waals surface area contributed by atoms with Crippen LogP contribution in [-0.2, 0) is 9.59 Å². The summed E-state index contributed by atoms with van der Waals surface area (Å²) >= 11 is 0. The summed E-state index contributed by atoms with van der Waals surface area (Å²) in [5.74, 6) is -1.67. The van der Waals surface area contributed by atoms with E-state index in [1.165, 1.54) is 0 Å². The number of hydrogen-bond acceptors (Lipinski definition) is 3. The van der Waals surface area contributed by atoms with E-state index >= 15 is 0 Å². The number of carbonyl (C=O) groups is 2. The molecule has 3 rings (SSSR count). The molecule has 0 amide bonds. The summed E-state index contributed by atoms with van der Waals surface area (Å²) in [6.45, 7) is 1.98. The molecule has 0 spiro atoms. The molecule has 28 heavy (non-hydrogen) atoms. The van der Waals surface area contributed by atoms with Crippen LogP contribution in [0.3, 0.4) is 0 Å². The average molecular weight is 373 g/mol. The van der Waals surface area contributed by atoms with E-state index in [-0.39, 0.29) is 18.6 Å². The van der Waals surface area contributed by atoms with Gasteiger partial charge in [0.15, 0.2) is 5.78 Å². The number of carboxylic acids is 1. The number of nitrogens with zero attached hydrogens (tertiary/aromatic N) is 3. The van der Waals surface area contributed by atoms with Gasteiger partial charge in [-0.15, -0.1) is 0 Å². The summed E-state index contributed by atoms with van der Waals surface area (Å²) in [6, 6.07) is 14.5. The smallest absolute Gasteiger partial charge is 0.307 e. The quantitative estimate of drug-likeness (QED) is 0.333. The average Bonchev–Trinajstić information content (AvgIpc) is 2.68. The first-order valence-electron chi connectivity index (χ1n) is 8.87. The van der Waals surface area contributed by atoms with Crippen LogP contribution in [0.2, 0.25) is 0 Å². The minimum absolute atomic E-state index is 0.128. The van der Waals surface area contributed by atoms with Crippen LogP contribution >= 0.6 is 0 Å². The monoisotopic (exact) mass is 373 g/mol. The van der Waals surface area contributed by atoms with Crippen LogP contribution in [0.1, 0.15) is 29.5 Å². The van der Waals surface area contributed by atoms with Crippen molar-refractivity contribution in [3.05, 3.63) is 86.8 Å². The van der Waals surface area contributed by atoms with Gasteiger partial charge in [-0.3, -0.25) is 9.59 Å². The largest absolute Gasteiger partial charge is 0.481 e. The van der Waals surface area contributed by atoms with Crippen molar-refractivity contribution in [3.63, 3.8) is 0 Å². The molecule has 1 atom stereocenters. The van der Waals surface area contributed by atoms with E-state index < -0.39 is 11.9 Å². The number of rotatable bonds is 4. The Balaban J connectivity index is 1.95. The predicted octanol–water partition coefficient (Wildman–Crippen LogP) is 5.47. The lowest BCUT2D eigenvalue weighted by molar-refractivity contribution is -0.142. The zero-order valence-electron chi connectivity index (χ0n) is 15.4. The Labute approximate surface area is 162 Å². The van der Waals surface area contributed by atoms with Gasteiger partial charge in [0.2, 0.25) is 0 Å². The second-order valence-corrected chi connectivity index (χ2v) is 6.80. The molecule has 0 heterocycles. The van der Waals surface area contributed by atoms with Gasteiger partial charge >= 0.3 is 5.97 Å². The van der Waals surface area contributed by atoms with E-state index in [0.717, 1.165) is 16.7 Å². The first kappa shape index (κ1) is 19.1. The van der Waals surface area contributed by atoms with Crippen LogP contribution in [-0.4, -0.2) is 16.9 Å². The van der Waals surface area contributed by atoms with Gasteiger partial charge in [0, 0.05) is 21.7 Å². The van der Waals surface area contributed by atoms with Crippen molar-refractivity contribution in [1.82, 2.24) is 0 Å². The lowest BCUT2D eigenvalue weighted by Gasteiger charge is -2.22. The van der Waals surface area contributed by atoms with Crippen molar-refractivity contribution < 1.29 is 14.7 Å². The molecule has 1 fully saturated rings. The van der Waals surface area contributed by atoms with Gasteiger partial charge < -0.3 is 5.11 Å². The van der Waals surface area contributed by atoms with E-state index in [0.29, 0.717) is 16.8 Å². The molecule has 6 heteroatoms. The first-order valence-corrected chi connectivity index (χ1v) is 8.87. The minimum atomic E-state index is -0.910. The fraction of sp³-hybridized carbons (Fsp3) is 0.182. The zero-order valence-corrected chi connectivity index (χ0v) is 15.4. The van der Waals surface area contributed by atoms with Crippen molar-refractivity contribution >= 4 is 29.6 Å². The molecule has 0 aromatic heterocycles. The summed E-state index contributed by atoms with van der Waals surface area (Å²) < 4.78 is 0. The number of aliphatic carboxylic acids is 1. The number of Topliss-reactive ketones (excluding diaryl/α,β-unsaturated/α-hetero) is 1. The van der Waals surface area contributed by atoms with Gasteiger partial charge in [0.1, 0.15) is 0 Å². The van der Waals surface area contributed by atoms with Crippen LogP contribution < -0.4 is 0 Å². The maximum absolute atomic E-state index is 12.9. The van der Waals surface area contributed by atoms with Crippen LogP contribution in [0.4, 0.5) is 5.69 Å². The SMILES string of the molecule is Cc1ccc(/C=C2\CC(C(=O)O)C/C(=C\c3ccc(N=[N+]=[N-])cc3)C2=O)cc1. The van der Waals surface area contributed by atoms with Crippen molar-refractivity contribution in [2.45, 2.75) is 19.8 Å². The molecular formula is C22H19N3O3. The number of ketones is 1. The highest BCUT2D eigenvalue weighted by molar-refractivity contribution is 6.14. The zero-order chi connectivity index (χ0) is 20.1. The Morgan fingerprint density at radius 3 is 2.00 bits per heavy atom. The Morgan fingerprint density at radius 2 is 1.54 bits per heavy atom. The highest BCUT2D eigenvalue weighted by atomic mass is 16.4. The molecule has 2 aromatic rings. The van der Waals surface area contributed by atoms with E-state index in [9.17, 15) is 14.7 Å². The summed E-state index contributed by atoms with van der Waals surface area (Å²) in [5, 5.41) is 13.0. The predicted molar refractivity (Wildman–Crippen MR) is 108 cm³/mol. The fourth-order valence-electron chi connectivity index (χ4n) is 3.17. The van der Waals surface area contributed by atoms with Gasteiger partial charge in [-0.1, -0.05) is 59.2 Å². The van der Waals surface area contributed by atoms with Crippen molar-refractivity contribution in [3.8, 4) is 0 Å². The van der Waals surface area contributed by atoms with Gasteiger partial charge in [-0.25, -0.2) is 0 Å². The summed E-state index contributed by atoms with van der Waals surface area (Å²) in [7, 11) is 0. The number of hydrogen-bond donors (Lipinski definition) is 1.